The van der Waals surface area contributed by atoms with E-state index in [1.807, 2.05) is 30.3 Å². The molecule has 0 saturated carbocycles. The van der Waals surface area contributed by atoms with Crippen LogP contribution < -0.4 is 11.1 Å². The maximum Gasteiger partial charge on any atom is 0.255 e. The highest BCUT2D eigenvalue weighted by Gasteiger charge is 2.13. The third-order valence-corrected chi connectivity index (χ3v) is 3.71. The van der Waals surface area contributed by atoms with Crippen molar-refractivity contribution in [3.63, 3.8) is 0 Å². The summed E-state index contributed by atoms with van der Waals surface area (Å²) in [6.07, 6.45) is 1.87. The van der Waals surface area contributed by atoms with Crippen molar-refractivity contribution in [3.05, 3.63) is 42.0 Å². The maximum atomic E-state index is 12.1. The van der Waals surface area contributed by atoms with E-state index in [1.165, 1.54) is 0 Å². The molecule has 4 heteroatoms. The number of phenols is 1. The summed E-state index contributed by atoms with van der Waals surface area (Å²) in [4.78, 5) is 12.1. The van der Waals surface area contributed by atoms with Crippen LogP contribution in [0.3, 0.4) is 0 Å². The van der Waals surface area contributed by atoms with Gasteiger partial charge in [0.2, 0.25) is 0 Å². The summed E-state index contributed by atoms with van der Waals surface area (Å²) in [6, 6.07) is 11.0. The Morgan fingerprint density at radius 1 is 1.29 bits per heavy atom. The Morgan fingerprint density at radius 2 is 2.05 bits per heavy atom. The monoisotopic (exact) mass is 286 g/mol. The number of benzene rings is 2. The number of nitrogens with two attached hydrogens (primary N) is 1. The highest BCUT2D eigenvalue weighted by molar-refractivity contribution is 6.03. The SMILES string of the molecule is CC(CN)CCCNC(=O)c1ccc2ccccc2c1O. The number of fused-ring (bicyclic) bond motifs is 1. The van der Waals surface area contributed by atoms with Gasteiger partial charge in [-0.05, 0) is 36.8 Å². The third-order valence-electron chi connectivity index (χ3n) is 3.71. The van der Waals surface area contributed by atoms with Gasteiger partial charge < -0.3 is 16.2 Å². The predicted octanol–water partition coefficient (Wildman–Crippen LogP) is 2.65. The predicted molar refractivity (Wildman–Crippen MR) is 85.4 cm³/mol. The summed E-state index contributed by atoms with van der Waals surface area (Å²) < 4.78 is 0. The fourth-order valence-corrected chi connectivity index (χ4v) is 2.30. The summed E-state index contributed by atoms with van der Waals surface area (Å²) in [5.74, 6) is 0.274. The van der Waals surface area contributed by atoms with E-state index in [9.17, 15) is 9.90 Å². The van der Waals surface area contributed by atoms with Gasteiger partial charge in [-0.1, -0.05) is 37.3 Å². The fourth-order valence-electron chi connectivity index (χ4n) is 2.30. The highest BCUT2D eigenvalue weighted by atomic mass is 16.3. The second-order valence-electron chi connectivity index (χ2n) is 5.42. The van der Waals surface area contributed by atoms with Crippen LogP contribution in [0.5, 0.6) is 5.75 Å². The second-order valence-corrected chi connectivity index (χ2v) is 5.42. The first kappa shape index (κ1) is 15.3. The quantitative estimate of drug-likeness (QED) is 0.715. The first-order chi connectivity index (χ1) is 10.1. The summed E-state index contributed by atoms with van der Waals surface area (Å²) >= 11 is 0. The summed E-state index contributed by atoms with van der Waals surface area (Å²) in [7, 11) is 0. The molecule has 2 aromatic carbocycles. The molecule has 21 heavy (non-hydrogen) atoms. The van der Waals surface area contributed by atoms with Gasteiger partial charge in [0.15, 0.2) is 0 Å². The molecule has 0 aliphatic carbocycles. The first-order valence-electron chi connectivity index (χ1n) is 7.32. The number of hydrogen-bond donors (Lipinski definition) is 3. The third kappa shape index (κ3) is 3.73. The van der Waals surface area contributed by atoms with Crippen LogP contribution in [0.2, 0.25) is 0 Å². The number of carbonyl (C=O) groups excluding carboxylic acids is 1. The summed E-state index contributed by atoms with van der Waals surface area (Å²) in [6.45, 7) is 3.35. The Kier molecular flexibility index (Phi) is 5.17. The van der Waals surface area contributed by atoms with Gasteiger partial charge in [-0.15, -0.1) is 0 Å². The lowest BCUT2D eigenvalue weighted by Crippen LogP contribution is -2.25. The van der Waals surface area contributed by atoms with Crippen LogP contribution in [0.25, 0.3) is 10.8 Å². The zero-order chi connectivity index (χ0) is 15.2. The van der Waals surface area contributed by atoms with Crippen LogP contribution in [0.4, 0.5) is 0 Å². The van der Waals surface area contributed by atoms with Gasteiger partial charge in [-0.3, -0.25) is 4.79 Å². The molecule has 0 heterocycles. The Balaban J connectivity index is 2.01. The molecule has 0 saturated heterocycles. The van der Waals surface area contributed by atoms with Crippen LogP contribution in [-0.2, 0) is 0 Å². The lowest BCUT2D eigenvalue weighted by molar-refractivity contribution is 0.0950. The first-order valence-corrected chi connectivity index (χ1v) is 7.32. The standard InChI is InChI=1S/C17H22N2O2/c1-12(11-18)5-4-10-19-17(21)15-9-8-13-6-2-3-7-14(13)16(15)20/h2-3,6-9,12,20H,4-5,10-11,18H2,1H3,(H,19,21). The maximum absolute atomic E-state index is 12.1. The number of carbonyl (C=O) groups is 1. The molecule has 2 rings (SSSR count). The van der Waals surface area contributed by atoms with Gasteiger partial charge >= 0.3 is 0 Å². The molecule has 0 radical (unpaired) electrons. The van der Waals surface area contributed by atoms with Crippen LogP contribution in [0, 0.1) is 5.92 Å². The highest BCUT2D eigenvalue weighted by Crippen LogP contribution is 2.28. The van der Waals surface area contributed by atoms with Crippen LogP contribution in [-0.4, -0.2) is 24.1 Å². The Bertz CT molecular complexity index is 625. The number of phenolic OH excluding ortho intramolecular Hbond substituents is 1. The number of nitrogens with one attached hydrogen (secondary N) is 1. The van der Waals surface area contributed by atoms with E-state index < -0.39 is 0 Å². The number of amides is 1. The molecule has 2 aromatic rings. The van der Waals surface area contributed by atoms with Gasteiger partial charge in [-0.25, -0.2) is 0 Å². The molecular weight excluding hydrogens is 264 g/mol. The van der Waals surface area contributed by atoms with Gasteiger partial charge in [0.1, 0.15) is 5.75 Å². The summed E-state index contributed by atoms with van der Waals surface area (Å²) in [5, 5.41) is 14.7. The van der Waals surface area contributed by atoms with E-state index in [0.717, 1.165) is 18.2 Å². The minimum atomic E-state index is -0.237. The molecule has 1 amide bonds. The Labute approximate surface area is 125 Å². The van der Waals surface area contributed by atoms with Crippen LogP contribution in [0.15, 0.2) is 36.4 Å². The molecule has 112 valence electrons. The van der Waals surface area contributed by atoms with Crippen LogP contribution in [0.1, 0.15) is 30.1 Å². The van der Waals surface area contributed by atoms with Gasteiger partial charge in [0, 0.05) is 11.9 Å². The summed E-state index contributed by atoms with van der Waals surface area (Å²) in [5.41, 5.74) is 5.88. The molecule has 4 N–H and O–H groups in total. The topological polar surface area (TPSA) is 75.3 Å². The van der Waals surface area contributed by atoms with Crippen molar-refractivity contribution in [2.24, 2.45) is 11.7 Å². The van der Waals surface area contributed by atoms with Crippen molar-refractivity contribution in [1.82, 2.24) is 5.32 Å². The average molecular weight is 286 g/mol. The molecule has 0 aromatic heterocycles. The van der Waals surface area contributed by atoms with Crippen molar-refractivity contribution in [3.8, 4) is 5.75 Å². The molecule has 1 unspecified atom stereocenters. The van der Waals surface area contributed by atoms with E-state index in [2.05, 4.69) is 12.2 Å². The van der Waals surface area contributed by atoms with E-state index in [-0.39, 0.29) is 11.7 Å². The molecule has 0 aliphatic heterocycles. The molecule has 0 bridgehead atoms. The lowest BCUT2D eigenvalue weighted by Gasteiger charge is -2.10. The normalized spacial score (nSPS) is 12.3. The van der Waals surface area contributed by atoms with E-state index >= 15 is 0 Å². The number of rotatable bonds is 6. The molecule has 0 spiro atoms. The van der Waals surface area contributed by atoms with Crippen molar-refractivity contribution in [1.29, 1.82) is 0 Å². The Morgan fingerprint density at radius 3 is 2.81 bits per heavy atom. The second kappa shape index (κ2) is 7.09. The van der Waals surface area contributed by atoms with E-state index in [4.69, 9.17) is 5.73 Å². The van der Waals surface area contributed by atoms with Crippen molar-refractivity contribution >= 4 is 16.7 Å². The molecule has 0 fully saturated rings. The van der Waals surface area contributed by atoms with Crippen molar-refractivity contribution in [2.75, 3.05) is 13.1 Å². The zero-order valence-electron chi connectivity index (χ0n) is 12.3. The zero-order valence-corrected chi connectivity index (χ0v) is 12.3. The van der Waals surface area contributed by atoms with Gasteiger partial charge in [0.05, 0.1) is 5.56 Å². The van der Waals surface area contributed by atoms with E-state index in [1.54, 1.807) is 6.07 Å². The molecule has 0 aliphatic rings. The van der Waals surface area contributed by atoms with Crippen molar-refractivity contribution in [2.45, 2.75) is 19.8 Å². The molecular formula is C17H22N2O2. The number of hydrogen-bond acceptors (Lipinski definition) is 3. The fraction of sp³-hybridized carbons (Fsp3) is 0.353. The molecule has 1 atom stereocenters. The Hall–Kier alpha value is -2.07. The minimum Gasteiger partial charge on any atom is -0.506 e. The smallest absolute Gasteiger partial charge is 0.255 e. The molecule has 4 nitrogen and oxygen atoms in total. The van der Waals surface area contributed by atoms with Gasteiger partial charge in [0.25, 0.3) is 5.91 Å². The number of aromatic hydroxyl groups is 1. The van der Waals surface area contributed by atoms with E-state index in [0.29, 0.717) is 30.0 Å². The van der Waals surface area contributed by atoms with Gasteiger partial charge in [-0.2, -0.15) is 0 Å². The largest absolute Gasteiger partial charge is 0.506 e. The minimum absolute atomic E-state index is 0.0425. The van der Waals surface area contributed by atoms with Crippen LogP contribution >= 0.6 is 0 Å². The average Bonchev–Trinajstić information content (AvgIpc) is 2.51. The lowest BCUT2D eigenvalue weighted by atomic mass is 10.0. The van der Waals surface area contributed by atoms with Crippen molar-refractivity contribution < 1.29 is 9.90 Å².